The van der Waals surface area contributed by atoms with Crippen molar-refractivity contribution in [1.29, 1.82) is 0 Å². The number of guanidine groups is 1. The number of aliphatic imine (C=N–C) groups is 1. The Morgan fingerprint density at radius 1 is 1.06 bits per heavy atom. The highest BCUT2D eigenvalue weighted by molar-refractivity contribution is 8.07. The molecular weight excluding hydrogens is 773 g/mol. The van der Waals surface area contributed by atoms with Crippen molar-refractivity contribution in [2.24, 2.45) is 16.5 Å². The molecule has 3 fully saturated rings. The number of anilines is 1. The van der Waals surface area contributed by atoms with Crippen LogP contribution >= 0.6 is 25.2 Å². The minimum atomic E-state index is -4.22. The van der Waals surface area contributed by atoms with Crippen molar-refractivity contribution in [3.63, 3.8) is 0 Å². The number of hydrogen-bond acceptors (Lipinski definition) is 16. The third kappa shape index (κ3) is 6.90. The lowest BCUT2D eigenvalue weighted by atomic mass is 10.1. The number of nitrogens with zero attached hydrogens (tertiary/aromatic N) is 6. The first-order valence-corrected chi connectivity index (χ1v) is 22.1. The number of ether oxygens (including phenoxy) is 2. The average molecular weight is 809 g/mol. The summed E-state index contributed by atoms with van der Waals surface area (Å²) in [5, 5.41) is 19.0. The van der Waals surface area contributed by atoms with Gasteiger partial charge in [-0.2, -0.15) is 0 Å². The fourth-order valence-corrected chi connectivity index (χ4v) is 10.5. The van der Waals surface area contributed by atoms with Crippen LogP contribution in [0.5, 0.6) is 0 Å². The first-order chi connectivity index (χ1) is 24.4. The number of hydrogen-bond donors (Lipinski definition) is 7. The molecule has 0 aromatic carbocycles. The van der Waals surface area contributed by atoms with Crippen LogP contribution in [0.2, 0.25) is 0 Å². The van der Waals surface area contributed by atoms with Gasteiger partial charge in [0.15, 0.2) is 24.6 Å². The number of aromatic nitrogens is 5. The lowest BCUT2D eigenvalue weighted by Gasteiger charge is -2.30. The van der Waals surface area contributed by atoms with E-state index in [9.17, 15) is 14.9 Å². The summed E-state index contributed by atoms with van der Waals surface area (Å²) in [6, 6.07) is 0. The molecule has 3 unspecified atom stereocenters. The van der Waals surface area contributed by atoms with Crippen molar-refractivity contribution in [3.8, 4) is 0 Å². The molecule has 0 spiro atoms. The standard InChI is InChI=1S/C26H35FN10O9P2S3/c27-15-18-13(44-24(15)36-6-11-2-1-5-51-23-14(11)21(36)31-9-32-23)8-42-48(40,50)46-19-17(38)12(7-41-47(39,49)45-18)43-25(19)37-10-33-16-20(29)34-26(30-4-3-28)35-22(16)37/h6,9-10,12-13,15,17-20,24-25,38H,1-5,7-8,28-29H2,(H,39,49)(H,40,50)(H2,30,34,35)/t12-,13-,15-,17-,18-,19-,20?,24-,25-,47?,48?/m1/s1. The zero-order valence-corrected chi connectivity index (χ0v) is 30.7. The first kappa shape index (κ1) is 36.2. The van der Waals surface area contributed by atoms with Crippen molar-refractivity contribution in [3.05, 3.63) is 30.1 Å². The lowest BCUT2D eigenvalue weighted by Crippen LogP contribution is -2.44. The van der Waals surface area contributed by atoms with Gasteiger partial charge in [-0.1, -0.05) is 0 Å². The van der Waals surface area contributed by atoms with Crippen molar-refractivity contribution >= 4 is 71.6 Å². The smallest absolute Gasteiger partial charge is 0.325 e. The van der Waals surface area contributed by atoms with E-state index in [4.69, 9.17) is 62.6 Å². The van der Waals surface area contributed by atoms with Gasteiger partial charge in [-0.25, -0.2) is 19.3 Å². The minimum absolute atomic E-state index is 0.297. The monoisotopic (exact) mass is 808 g/mol. The van der Waals surface area contributed by atoms with Crippen LogP contribution in [-0.4, -0.2) is 114 Å². The molecule has 3 aromatic rings. The largest absolute Gasteiger partial charge is 0.387 e. The number of rotatable bonds is 4. The van der Waals surface area contributed by atoms with Crippen LogP contribution in [0.1, 0.15) is 36.3 Å². The summed E-state index contributed by atoms with van der Waals surface area (Å²) in [4.78, 5) is 40.1. The Hall–Kier alpha value is -1.76. The normalized spacial score (nSPS) is 39.3. The average Bonchev–Trinajstić information content (AvgIpc) is 3.79. The molecule has 0 aliphatic carbocycles. The molecule has 5 aliphatic rings. The van der Waals surface area contributed by atoms with Crippen molar-refractivity contribution < 1.29 is 46.9 Å². The number of aliphatic hydroxyl groups is 1. The van der Waals surface area contributed by atoms with E-state index in [1.807, 2.05) is 0 Å². The number of nitrogens with one attached hydrogen (secondary N) is 2. The fourth-order valence-electron chi connectivity index (χ4n) is 6.68. The molecule has 19 nitrogen and oxygen atoms in total. The summed E-state index contributed by atoms with van der Waals surface area (Å²) in [5.41, 5.74) is 13.7. The molecule has 0 saturated carbocycles. The van der Waals surface area contributed by atoms with Crippen LogP contribution in [0, 0.1) is 0 Å². The molecule has 8 rings (SSSR count). The van der Waals surface area contributed by atoms with E-state index < -0.39 is 82.0 Å². The number of halogens is 1. The van der Waals surface area contributed by atoms with Gasteiger partial charge in [0.1, 0.15) is 65.2 Å². The third-order valence-electron chi connectivity index (χ3n) is 8.97. The van der Waals surface area contributed by atoms with Gasteiger partial charge in [-0.05, 0) is 47.8 Å². The van der Waals surface area contributed by atoms with E-state index in [2.05, 4.69) is 30.6 Å². The Labute approximate surface area is 304 Å². The summed E-state index contributed by atoms with van der Waals surface area (Å²) < 4.78 is 54.9. The van der Waals surface area contributed by atoms with Gasteiger partial charge in [0.2, 0.25) is 0 Å². The SMILES string of the molecule is NCCN=C1Nc2c(ncn2[C@@H]2O[C@@H]3COP(O)(=S)O[C@H]4[C@@H](F)[C@H](n5cc6c7c(ncnc75)SCCC6)O[C@@H]4COP(O)(=S)O[C@@H]2[C@@H]3O)C(N)N1. The molecule has 278 valence electrons. The number of imidazole rings is 1. The minimum Gasteiger partial charge on any atom is -0.387 e. The molecule has 8 heterocycles. The van der Waals surface area contributed by atoms with E-state index in [1.165, 1.54) is 17.2 Å². The van der Waals surface area contributed by atoms with Gasteiger partial charge in [0, 0.05) is 12.7 Å². The summed E-state index contributed by atoms with van der Waals surface area (Å²) in [6.45, 7) is -8.88. The van der Waals surface area contributed by atoms with Crippen molar-refractivity contribution in [1.82, 2.24) is 29.4 Å². The van der Waals surface area contributed by atoms with Crippen LogP contribution < -0.4 is 22.1 Å². The van der Waals surface area contributed by atoms with E-state index in [-0.39, 0.29) is 0 Å². The van der Waals surface area contributed by atoms with Crippen LogP contribution in [-0.2, 0) is 57.6 Å². The molecule has 5 aliphatic heterocycles. The topological polar surface area (TPSA) is 253 Å². The zero-order valence-electron chi connectivity index (χ0n) is 26.5. The molecule has 3 aromatic heterocycles. The summed E-state index contributed by atoms with van der Waals surface area (Å²) in [5.74, 6) is 1.57. The Kier molecular flexibility index (Phi) is 10.0. The highest BCUT2D eigenvalue weighted by atomic mass is 32.5. The molecule has 25 heteroatoms. The molecule has 0 amide bonds. The van der Waals surface area contributed by atoms with Gasteiger partial charge >= 0.3 is 13.4 Å². The van der Waals surface area contributed by atoms with Crippen molar-refractivity contribution in [2.45, 2.75) is 73.2 Å². The van der Waals surface area contributed by atoms with Crippen LogP contribution in [0.4, 0.5) is 10.2 Å². The van der Waals surface area contributed by atoms with E-state index >= 15 is 4.39 Å². The first-order valence-electron chi connectivity index (χ1n) is 15.9. The maximum atomic E-state index is 16.5. The summed E-state index contributed by atoms with van der Waals surface area (Å²) >= 11 is 12.3. The Morgan fingerprint density at radius 2 is 1.80 bits per heavy atom. The highest BCUT2D eigenvalue weighted by Gasteiger charge is 2.53. The number of fused-ring (bicyclic) bond motifs is 4. The van der Waals surface area contributed by atoms with Crippen LogP contribution in [0.3, 0.4) is 0 Å². The predicted octanol–water partition coefficient (Wildman–Crippen LogP) is 0.398. The molecule has 9 N–H and O–H groups in total. The molecule has 11 atom stereocenters. The van der Waals surface area contributed by atoms with Gasteiger partial charge in [-0.3, -0.25) is 18.6 Å². The Balaban J connectivity index is 1.08. The molecule has 0 radical (unpaired) electrons. The molecular formula is C26H35FN10O9P2S3. The number of thioether (sulfide) groups is 1. The van der Waals surface area contributed by atoms with E-state index in [0.717, 1.165) is 34.6 Å². The fraction of sp³-hybridized carbons (Fsp3) is 0.615. The van der Waals surface area contributed by atoms with E-state index in [1.54, 1.807) is 22.5 Å². The van der Waals surface area contributed by atoms with E-state index in [0.29, 0.717) is 36.2 Å². The second-order valence-electron chi connectivity index (χ2n) is 12.3. The van der Waals surface area contributed by atoms with Crippen LogP contribution in [0.15, 0.2) is 28.9 Å². The maximum absolute atomic E-state index is 16.5. The maximum Gasteiger partial charge on any atom is 0.325 e. The lowest BCUT2D eigenvalue weighted by molar-refractivity contribution is -0.0606. The molecule has 2 bridgehead atoms. The number of alkyl halides is 1. The van der Waals surface area contributed by atoms with Gasteiger partial charge < -0.3 is 60.1 Å². The molecule has 3 saturated heterocycles. The quantitative estimate of drug-likeness (QED) is 0.139. The van der Waals surface area contributed by atoms with Crippen LogP contribution in [0.25, 0.3) is 11.0 Å². The number of aliphatic hydroxyl groups excluding tert-OH is 1. The number of nitrogens with two attached hydrogens (primary N) is 2. The molecule has 51 heavy (non-hydrogen) atoms. The van der Waals surface area contributed by atoms with Gasteiger partial charge in [0.25, 0.3) is 0 Å². The predicted molar refractivity (Wildman–Crippen MR) is 187 cm³/mol. The second-order valence-corrected chi connectivity index (χ2v) is 18.9. The highest BCUT2D eigenvalue weighted by Crippen LogP contribution is 2.55. The third-order valence-corrected chi connectivity index (χ3v) is 13.2. The second kappa shape index (κ2) is 14.1. The zero-order chi connectivity index (χ0) is 35.7. The van der Waals surface area contributed by atoms with Gasteiger partial charge in [0.05, 0.1) is 31.5 Å². The summed E-state index contributed by atoms with van der Waals surface area (Å²) in [6.07, 6.45) is -5.70. The van der Waals surface area contributed by atoms with Gasteiger partial charge in [-0.15, -0.1) is 11.8 Å². The number of aryl methyl sites for hydroxylation is 1. The van der Waals surface area contributed by atoms with Crippen molar-refractivity contribution in [2.75, 3.05) is 37.4 Å². The Bertz CT molecular complexity index is 1940. The Morgan fingerprint density at radius 3 is 2.59 bits per heavy atom. The summed E-state index contributed by atoms with van der Waals surface area (Å²) in [7, 11) is 0.